The first-order valence-corrected chi connectivity index (χ1v) is 8.00. The Morgan fingerprint density at radius 1 is 0.962 bits per heavy atom. The van der Waals surface area contributed by atoms with E-state index in [0.29, 0.717) is 23.7 Å². The van der Waals surface area contributed by atoms with Crippen LogP contribution in [0.1, 0.15) is 11.4 Å². The number of rotatable bonds is 4. The summed E-state index contributed by atoms with van der Waals surface area (Å²) in [6.45, 7) is 0. The minimum Gasteiger partial charge on any atom is -0.508 e. The number of hydrogen-bond donors (Lipinski definition) is 1. The third-order valence-corrected chi connectivity index (χ3v) is 3.90. The van der Waals surface area contributed by atoms with Gasteiger partial charge < -0.3 is 9.63 Å². The van der Waals surface area contributed by atoms with Gasteiger partial charge in [0.15, 0.2) is 5.82 Å². The van der Waals surface area contributed by atoms with E-state index in [1.807, 2.05) is 18.2 Å². The van der Waals surface area contributed by atoms with Crippen LogP contribution in [0.3, 0.4) is 0 Å². The van der Waals surface area contributed by atoms with Crippen molar-refractivity contribution in [1.82, 2.24) is 15.1 Å². The number of aromatic hydroxyl groups is 1. The average molecular weight is 347 g/mol. The van der Waals surface area contributed by atoms with Gasteiger partial charge in [0.1, 0.15) is 11.6 Å². The standard InChI is InChI=1S/C20H14FN3O2/c21-16-7-4-13(5-8-16)10-19-23-20(26-24-19)15-6-9-18(22-12-15)14-2-1-3-17(25)11-14/h1-9,11-12,25H,10H2. The summed E-state index contributed by atoms with van der Waals surface area (Å²) in [5, 5.41) is 13.5. The van der Waals surface area contributed by atoms with Gasteiger partial charge >= 0.3 is 0 Å². The first kappa shape index (κ1) is 16.0. The summed E-state index contributed by atoms with van der Waals surface area (Å²) in [6.07, 6.45) is 2.10. The molecule has 2 aromatic carbocycles. The predicted octanol–water partition coefficient (Wildman–Crippen LogP) is 4.23. The Hall–Kier alpha value is -3.54. The SMILES string of the molecule is Oc1cccc(-c2ccc(-c3nc(Cc4ccc(F)cc4)no3)cn2)c1. The van der Waals surface area contributed by atoms with E-state index in [9.17, 15) is 9.50 Å². The van der Waals surface area contributed by atoms with Crippen LogP contribution in [0, 0.1) is 5.82 Å². The highest BCUT2D eigenvalue weighted by Crippen LogP contribution is 2.24. The second-order valence-corrected chi connectivity index (χ2v) is 5.80. The number of phenolic OH excluding ortho intramolecular Hbond substituents is 1. The molecule has 0 aliphatic rings. The molecule has 0 atom stereocenters. The number of hydrogen-bond acceptors (Lipinski definition) is 5. The zero-order valence-electron chi connectivity index (χ0n) is 13.6. The van der Waals surface area contributed by atoms with Crippen molar-refractivity contribution in [1.29, 1.82) is 0 Å². The summed E-state index contributed by atoms with van der Waals surface area (Å²) in [7, 11) is 0. The Labute approximate surface area is 148 Å². The highest BCUT2D eigenvalue weighted by atomic mass is 19.1. The fourth-order valence-electron chi connectivity index (χ4n) is 2.58. The molecule has 0 spiro atoms. The average Bonchev–Trinajstić information content (AvgIpc) is 3.12. The number of halogens is 1. The van der Waals surface area contributed by atoms with Crippen molar-refractivity contribution < 1.29 is 14.0 Å². The van der Waals surface area contributed by atoms with Crippen molar-refractivity contribution in [2.45, 2.75) is 6.42 Å². The molecule has 4 aromatic rings. The zero-order valence-corrected chi connectivity index (χ0v) is 13.6. The van der Waals surface area contributed by atoms with Gasteiger partial charge in [-0.15, -0.1) is 0 Å². The van der Waals surface area contributed by atoms with Crippen LogP contribution in [0.4, 0.5) is 4.39 Å². The molecular weight excluding hydrogens is 333 g/mol. The monoisotopic (exact) mass is 347 g/mol. The van der Waals surface area contributed by atoms with Crippen LogP contribution >= 0.6 is 0 Å². The van der Waals surface area contributed by atoms with Crippen molar-refractivity contribution in [2.75, 3.05) is 0 Å². The molecule has 2 heterocycles. The maximum absolute atomic E-state index is 13.0. The lowest BCUT2D eigenvalue weighted by atomic mass is 10.1. The molecule has 5 nitrogen and oxygen atoms in total. The van der Waals surface area contributed by atoms with Crippen LogP contribution in [-0.4, -0.2) is 20.2 Å². The van der Waals surface area contributed by atoms with E-state index >= 15 is 0 Å². The van der Waals surface area contributed by atoms with Crippen LogP contribution in [0.25, 0.3) is 22.7 Å². The molecular formula is C20H14FN3O2. The van der Waals surface area contributed by atoms with Crippen molar-refractivity contribution in [3.05, 3.63) is 84.1 Å². The Morgan fingerprint density at radius 3 is 2.54 bits per heavy atom. The van der Waals surface area contributed by atoms with Crippen LogP contribution in [0.2, 0.25) is 0 Å². The van der Waals surface area contributed by atoms with Crippen LogP contribution < -0.4 is 0 Å². The number of phenols is 1. The molecule has 0 aliphatic heterocycles. The van der Waals surface area contributed by atoms with Gasteiger partial charge in [0.2, 0.25) is 0 Å². The quantitative estimate of drug-likeness (QED) is 0.598. The minimum absolute atomic E-state index is 0.190. The fraction of sp³-hybridized carbons (Fsp3) is 0.0500. The van der Waals surface area contributed by atoms with Gasteiger partial charge in [-0.05, 0) is 42.0 Å². The number of benzene rings is 2. The third-order valence-electron chi connectivity index (χ3n) is 3.90. The minimum atomic E-state index is -0.277. The molecule has 1 N–H and O–H groups in total. The van der Waals surface area contributed by atoms with E-state index in [2.05, 4.69) is 15.1 Å². The third kappa shape index (κ3) is 3.44. The highest BCUT2D eigenvalue weighted by molar-refractivity contribution is 5.63. The van der Waals surface area contributed by atoms with E-state index in [1.165, 1.54) is 12.1 Å². The summed E-state index contributed by atoms with van der Waals surface area (Å²) in [5.41, 5.74) is 3.15. The Bertz CT molecular complexity index is 1030. The van der Waals surface area contributed by atoms with Crippen molar-refractivity contribution in [3.8, 4) is 28.5 Å². The molecule has 0 unspecified atom stereocenters. The molecule has 2 aromatic heterocycles. The fourth-order valence-corrected chi connectivity index (χ4v) is 2.58. The van der Waals surface area contributed by atoms with Gasteiger partial charge in [0.25, 0.3) is 5.89 Å². The van der Waals surface area contributed by atoms with Crippen LogP contribution in [0.15, 0.2) is 71.4 Å². The molecule has 6 heteroatoms. The summed E-state index contributed by atoms with van der Waals surface area (Å²) >= 11 is 0. The van der Waals surface area contributed by atoms with Gasteiger partial charge in [-0.3, -0.25) is 4.98 Å². The predicted molar refractivity (Wildman–Crippen MR) is 93.8 cm³/mol. The number of nitrogens with zero attached hydrogens (tertiary/aromatic N) is 3. The molecule has 0 amide bonds. The number of aromatic nitrogens is 3. The van der Waals surface area contributed by atoms with Gasteiger partial charge in [0, 0.05) is 18.2 Å². The maximum atomic E-state index is 13.0. The zero-order chi connectivity index (χ0) is 17.9. The van der Waals surface area contributed by atoms with Crippen molar-refractivity contribution in [3.63, 3.8) is 0 Å². The Morgan fingerprint density at radius 2 is 1.81 bits per heavy atom. The summed E-state index contributed by atoms with van der Waals surface area (Å²) in [6, 6.07) is 16.7. The molecule has 0 fully saturated rings. The van der Waals surface area contributed by atoms with Gasteiger partial charge in [-0.25, -0.2) is 4.39 Å². The van der Waals surface area contributed by atoms with E-state index in [4.69, 9.17) is 4.52 Å². The maximum Gasteiger partial charge on any atom is 0.259 e. The van der Waals surface area contributed by atoms with Gasteiger partial charge in [-0.1, -0.05) is 29.4 Å². The smallest absolute Gasteiger partial charge is 0.259 e. The molecule has 4 rings (SSSR count). The molecule has 26 heavy (non-hydrogen) atoms. The summed E-state index contributed by atoms with van der Waals surface area (Å²) in [4.78, 5) is 8.75. The Kier molecular flexibility index (Phi) is 4.15. The molecule has 0 radical (unpaired) electrons. The van der Waals surface area contributed by atoms with E-state index in [0.717, 1.165) is 16.8 Å². The molecule has 0 saturated carbocycles. The largest absolute Gasteiger partial charge is 0.508 e. The van der Waals surface area contributed by atoms with Crippen LogP contribution in [0.5, 0.6) is 5.75 Å². The lowest BCUT2D eigenvalue weighted by Crippen LogP contribution is -1.91. The normalized spacial score (nSPS) is 10.8. The first-order chi connectivity index (χ1) is 12.7. The van der Waals surface area contributed by atoms with Gasteiger partial charge in [-0.2, -0.15) is 4.98 Å². The van der Waals surface area contributed by atoms with Gasteiger partial charge in [0.05, 0.1) is 11.3 Å². The topological polar surface area (TPSA) is 72.0 Å². The highest BCUT2D eigenvalue weighted by Gasteiger charge is 2.10. The molecule has 0 bridgehead atoms. The molecule has 0 saturated heterocycles. The van der Waals surface area contributed by atoms with E-state index in [-0.39, 0.29) is 11.6 Å². The first-order valence-electron chi connectivity index (χ1n) is 8.00. The lowest BCUT2D eigenvalue weighted by molar-refractivity contribution is 0.424. The van der Waals surface area contributed by atoms with E-state index < -0.39 is 0 Å². The lowest BCUT2D eigenvalue weighted by Gasteiger charge is -2.02. The van der Waals surface area contributed by atoms with Crippen molar-refractivity contribution >= 4 is 0 Å². The van der Waals surface area contributed by atoms with E-state index in [1.54, 1.807) is 36.5 Å². The Balaban J connectivity index is 1.53. The summed E-state index contributed by atoms with van der Waals surface area (Å²) < 4.78 is 18.3. The molecule has 0 aliphatic carbocycles. The van der Waals surface area contributed by atoms with Crippen LogP contribution in [-0.2, 0) is 6.42 Å². The molecule has 128 valence electrons. The summed E-state index contributed by atoms with van der Waals surface area (Å²) in [5.74, 6) is 0.803. The second-order valence-electron chi connectivity index (χ2n) is 5.80. The van der Waals surface area contributed by atoms with Crippen molar-refractivity contribution in [2.24, 2.45) is 0 Å². The number of pyridine rings is 1. The second kappa shape index (κ2) is 6.76.